The topological polar surface area (TPSA) is 81.2 Å². The number of nitrogens with one attached hydrogen (secondary N) is 1. The molecule has 1 amide bonds. The van der Waals surface area contributed by atoms with Gasteiger partial charge in [0.15, 0.2) is 11.9 Å². The van der Waals surface area contributed by atoms with Crippen molar-refractivity contribution in [3.05, 3.63) is 69.1 Å². The first kappa shape index (κ1) is 21.2. The van der Waals surface area contributed by atoms with E-state index in [1.807, 2.05) is 18.2 Å². The second-order valence-corrected chi connectivity index (χ2v) is 8.02. The molecule has 0 aliphatic carbocycles. The van der Waals surface area contributed by atoms with E-state index in [1.54, 1.807) is 31.2 Å². The van der Waals surface area contributed by atoms with E-state index in [9.17, 15) is 9.59 Å². The summed E-state index contributed by atoms with van der Waals surface area (Å²) in [6.07, 6.45) is -0.0322. The van der Waals surface area contributed by atoms with Crippen LogP contribution in [-0.4, -0.2) is 28.0 Å². The molecule has 9 heteroatoms. The molecule has 1 atom stereocenters. The smallest absolute Gasteiger partial charge is 0.266 e. The lowest BCUT2D eigenvalue weighted by atomic mass is 10.1. The fourth-order valence-electron chi connectivity index (χ4n) is 2.42. The number of halogens is 2. The molecule has 3 rings (SSSR count). The van der Waals surface area contributed by atoms with E-state index >= 15 is 0 Å². The van der Waals surface area contributed by atoms with Gasteiger partial charge < -0.3 is 4.74 Å². The van der Waals surface area contributed by atoms with Crippen LogP contribution < -0.4 is 10.1 Å². The lowest BCUT2D eigenvalue weighted by molar-refractivity contribution is -0.122. The van der Waals surface area contributed by atoms with Crippen LogP contribution in [-0.2, 0) is 11.2 Å². The van der Waals surface area contributed by atoms with Gasteiger partial charge >= 0.3 is 0 Å². The standard InChI is InChI=1S/C20H17Cl2N3O3S/c1-12(28-17-9-7-14(21)11-15(17)22)19(27)23-20-25-24-18(29-20)10-8-16(26)13-5-3-2-4-6-13/h2-7,9,11-12H,8,10H2,1H3,(H,23,25,27)/t12-/m0/s1. The van der Waals surface area contributed by atoms with Crippen molar-refractivity contribution in [1.82, 2.24) is 10.2 Å². The second kappa shape index (κ2) is 9.82. The predicted octanol–water partition coefficient (Wildman–Crippen LogP) is 5.07. The molecule has 1 heterocycles. The molecular formula is C20H17Cl2N3O3S. The summed E-state index contributed by atoms with van der Waals surface area (Å²) in [7, 11) is 0. The van der Waals surface area contributed by atoms with Gasteiger partial charge in [-0.2, -0.15) is 0 Å². The summed E-state index contributed by atoms with van der Waals surface area (Å²) in [5.74, 6) is 0.00317. The third-order valence-electron chi connectivity index (χ3n) is 3.93. The van der Waals surface area contributed by atoms with Crippen LogP contribution in [0, 0.1) is 0 Å². The Labute approximate surface area is 181 Å². The summed E-state index contributed by atoms with van der Waals surface area (Å²) in [4.78, 5) is 24.5. The number of hydrogen-bond acceptors (Lipinski definition) is 6. The minimum atomic E-state index is -0.805. The molecule has 3 aromatic rings. The van der Waals surface area contributed by atoms with E-state index in [0.29, 0.717) is 44.3 Å². The average molecular weight is 450 g/mol. The largest absolute Gasteiger partial charge is 0.479 e. The van der Waals surface area contributed by atoms with Crippen LogP contribution in [0.5, 0.6) is 5.75 Å². The van der Waals surface area contributed by atoms with Crippen LogP contribution in [0.2, 0.25) is 10.0 Å². The summed E-state index contributed by atoms with van der Waals surface area (Å²) in [6, 6.07) is 13.8. The maximum atomic E-state index is 12.3. The molecule has 1 N–H and O–H groups in total. The van der Waals surface area contributed by atoms with Gasteiger partial charge in [0.25, 0.3) is 5.91 Å². The number of anilines is 1. The zero-order valence-electron chi connectivity index (χ0n) is 15.4. The molecule has 0 spiro atoms. The molecule has 0 saturated carbocycles. The quantitative estimate of drug-likeness (QED) is 0.485. The highest BCUT2D eigenvalue weighted by Crippen LogP contribution is 2.28. The van der Waals surface area contributed by atoms with Crippen LogP contribution in [0.1, 0.15) is 28.7 Å². The Morgan fingerprint density at radius 3 is 2.62 bits per heavy atom. The van der Waals surface area contributed by atoms with E-state index in [2.05, 4.69) is 15.5 Å². The monoisotopic (exact) mass is 449 g/mol. The molecule has 0 radical (unpaired) electrons. The molecule has 0 fully saturated rings. The molecule has 1 aromatic heterocycles. The minimum Gasteiger partial charge on any atom is -0.479 e. The first-order chi connectivity index (χ1) is 13.9. The summed E-state index contributed by atoms with van der Waals surface area (Å²) in [5, 5.41) is 12.4. The number of carbonyl (C=O) groups is 2. The molecule has 0 aliphatic heterocycles. The highest BCUT2D eigenvalue weighted by Gasteiger charge is 2.18. The fourth-order valence-corrected chi connectivity index (χ4v) is 3.61. The zero-order chi connectivity index (χ0) is 20.8. The molecule has 0 bridgehead atoms. The number of rotatable bonds is 8. The number of aromatic nitrogens is 2. The number of Topliss-reactive ketones (excluding diaryl/α,β-unsaturated/α-hetero) is 1. The summed E-state index contributed by atoms with van der Waals surface area (Å²) in [5.41, 5.74) is 0.664. The lowest BCUT2D eigenvalue weighted by Crippen LogP contribution is -2.30. The molecule has 29 heavy (non-hydrogen) atoms. The van der Waals surface area contributed by atoms with Crippen molar-refractivity contribution in [3.63, 3.8) is 0 Å². The van der Waals surface area contributed by atoms with Gasteiger partial charge in [-0.3, -0.25) is 14.9 Å². The van der Waals surface area contributed by atoms with Gasteiger partial charge in [0, 0.05) is 23.4 Å². The van der Waals surface area contributed by atoms with Gasteiger partial charge in [0.1, 0.15) is 10.8 Å². The normalized spacial score (nSPS) is 11.7. The molecule has 6 nitrogen and oxygen atoms in total. The van der Waals surface area contributed by atoms with E-state index < -0.39 is 6.10 Å². The van der Waals surface area contributed by atoms with Crippen LogP contribution in [0.4, 0.5) is 5.13 Å². The number of nitrogens with zero attached hydrogens (tertiary/aromatic N) is 2. The van der Waals surface area contributed by atoms with Gasteiger partial charge in [-0.1, -0.05) is 64.9 Å². The second-order valence-electron chi connectivity index (χ2n) is 6.11. The SMILES string of the molecule is C[C@H](Oc1ccc(Cl)cc1Cl)C(=O)Nc1nnc(CCC(=O)c2ccccc2)s1. The van der Waals surface area contributed by atoms with E-state index in [0.717, 1.165) is 0 Å². The van der Waals surface area contributed by atoms with Crippen LogP contribution in [0.25, 0.3) is 0 Å². The molecular weight excluding hydrogens is 433 g/mol. The van der Waals surface area contributed by atoms with Gasteiger partial charge in [-0.15, -0.1) is 10.2 Å². The molecule has 0 saturated heterocycles. The molecule has 0 aliphatic rings. The summed E-state index contributed by atoms with van der Waals surface area (Å²) in [6.45, 7) is 1.60. The first-order valence-electron chi connectivity index (χ1n) is 8.75. The van der Waals surface area contributed by atoms with Crippen molar-refractivity contribution in [2.24, 2.45) is 0 Å². The highest BCUT2D eigenvalue weighted by atomic mass is 35.5. The number of aryl methyl sites for hydroxylation is 1. The third kappa shape index (κ3) is 6.00. The highest BCUT2D eigenvalue weighted by molar-refractivity contribution is 7.15. The summed E-state index contributed by atoms with van der Waals surface area (Å²) < 4.78 is 5.58. The van der Waals surface area contributed by atoms with Crippen LogP contribution in [0.15, 0.2) is 48.5 Å². The predicted molar refractivity (Wildman–Crippen MR) is 114 cm³/mol. The minimum absolute atomic E-state index is 0.0354. The van der Waals surface area contributed by atoms with Gasteiger partial charge in [0.2, 0.25) is 5.13 Å². The van der Waals surface area contributed by atoms with E-state index in [1.165, 1.54) is 17.4 Å². The Hall–Kier alpha value is -2.48. The Balaban J connectivity index is 1.52. The number of ether oxygens (including phenoxy) is 1. The van der Waals surface area contributed by atoms with Crippen molar-refractivity contribution in [2.45, 2.75) is 25.9 Å². The number of benzene rings is 2. The third-order valence-corrected chi connectivity index (χ3v) is 5.35. The summed E-state index contributed by atoms with van der Waals surface area (Å²) >= 11 is 13.1. The van der Waals surface area contributed by atoms with Gasteiger partial charge in [-0.25, -0.2) is 0 Å². The average Bonchev–Trinajstić information content (AvgIpc) is 3.16. The van der Waals surface area contributed by atoms with Gasteiger partial charge in [0.05, 0.1) is 5.02 Å². The van der Waals surface area contributed by atoms with Crippen molar-refractivity contribution in [2.75, 3.05) is 5.32 Å². The number of carbonyl (C=O) groups excluding carboxylic acids is 2. The van der Waals surface area contributed by atoms with E-state index in [-0.39, 0.29) is 11.7 Å². The molecule has 150 valence electrons. The Bertz CT molecular complexity index is 1010. The van der Waals surface area contributed by atoms with Gasteiger partial charge in [-0.05, 0) is 25.1 Å². The zero-order valence-corrected chi connectivity index (χ0v) is 17.7. The van der Waals surface area contributed by atoms with Crippen LogP contribution in [0.3, 0.4) is 0 Å². The number of amides is 1. The number of hydrogen-bond donors (Lipinski definition) is 1. The van der Waals surface area contributed by atoms with Crippen molar-refractivity contribution < 1.29 is 14.3 Å². The first-order valence-corrected chi connectivity index (χ1v) is 10.3. The Morgan fingerprint density at radius 1 is 1.14 bits per heavy atom. The van der Waals surface area contributed by atoms with Crippen molar-refractivity contribution in [3.8, 4) is 5.75 Å². The van der Waals surface area contributed by atoms with E-state index in [4.69, 9.17) is 27.9 Å². The maximum Gasteiger partial charge on any atom is 0.266 e. The van der Waals surface area contributed by atoms with Crippen molar-refractivity contribution in [1.29, 1.82) is 0 Å². The number of ketones is 1. The molecule has 2 aromatic carbocycles. The van der Waals surface area contributed by atoms with Crippen LogP contribution >= 0.6 is 34.5 Å². The Morgan fingerprint density at radius 2 is 1.90 bits per heavy atom. The van der Waals surface area contributed by atoms with Crippen molar-refractivity contribution >= 4 is 51.4 Å². The Kier molecular flexibility index (Phi) is 7.19. The lowest BCUT2D eigenvalue weighted by Gasteiger charge is -2.14. The molecule has 0 unspecified atom stereocenters. The maximum absolute atomic E-state index is 12.3. The fraction of sp³-hybridized carbons (Fsp3) is 0.200.